The first-order valence-electron chi connectivity index (χ1n) is 6.87. The van der Waals surface area contributed by atoms with Crippen molar-refractivity contribution in [1.82, 2.24) is 9.03 Å². The number of thioether (sulfide) groups is 1. The van der Waals surface area contributed by atoms with E-state index in [9.17, 15) is 13.5 Å². The highest BCUT2D eigenvalue weighted by Gasteiger charge is 2.29. The molecule has 1 unspecified atom stereocenters. The number of aliphatic hydroxyl groups is 1. The van der Waals surface area contributed by atoms with Crippen LogP contribution in [0.4, 0.5) is 0 Å². The summed E-state index contributed by atoms with van der Waals surface area (Å²) in [6.07, 6.45) is 2.60. The van der Waals surface area contributed by atoms with E-state index < -0.39 is 15.8 Å². The lowest BCUT2D eigenvalue weighted by Gasteiger charge is -2.30. The van der Waals surface area contributed by atoms with Gasteiger partial charge in [0.2, 0.25) is 0 Å². The van der Waals surface area contributed by atoms with Crippen LogP contribution in [0.5, 0.6) is 0 Å². The number of fused-ring (bicyclic) bond motifs is 1. The molecule has 1 aromatic carbocycles. The summed E-state index contributed by atoms with van der Waals surface area (Å²) in [6.45, 7) is 2.51. The van der Waals surface area contributed by atoms with Crippen molar-refractivity contribution in [1.29, 1.82) is 0 Å². The number of nitrogens with one attached hydrogen (secondary N) is 1. The Balaban J connectivity index is 2.01. The van der Waals surface area contributed by atoms with Crippen molar-refractivity contribution >= 4 is 22.0 Å². The standard InChI is InChI=1S/C14H22N2O3S2/c1-14(17,11-20-2)10-15-21(18,19)16-8-7-12-5-3-4-6-13(12)9-16/h3-6,15,17H,7-11H2,1-2H3. The molecule has 2 N–H and O–H groups in total. The predicted molar refractivity (Wildman–Crippen MR) is 86.5 cm³/mol. The fourth-order valence-electron chi connectivity index (χ4n) is 2.37. The average molecular weight is 330 g/mol. The molecule has 1 aromatic rings. The molecule has 0 amide bonds. The number of hydrogen-bond donors (Lipinski definition) is 2. The molecule has 0 spiro atoms. The molecule has 0 aliphatic carbocycles. The van der Waals surface area contributed by atoms with Crippen molar-refractivity contribution in [3.63, 3.8) is 0 Å². The predicted octanol–water partition coefficient (Wildman–Crippen LogP) is 0.993. The Kier molecular flexibility index (Phi) is 5.32. The van der Waals surface area contributed by atoms with Crippen LogP contribution in [0.1, 0.15) is 18.1 Å². The van der Waals surface area contributed by atoms with E-state index in [1.165, 1.54) is 21.6 Å². The third-order valence-electron chi connectivity index (χ3n) is 3.53. The summed E-state index contributed by atoms with van der Waals surface area (Å²) in [7, 11) is -3.56. The van der Waals surface area contributed by atoms with Crippen molar-refractivity contribution in [2.75, 3.05) is 25.1 Å². The molecule has 1 aliphatic heterocycles. The van der Waals surface area contributed by atoms with Crippen LogP contribution >= 0.6 is 11.8 Å². The molecule has 0 saturated heterocycles. The fraction of sp³-hybridized carbons (Fsp3) is 0.571. The lowest BCUT2D eigenvalue weighted by molar-refractivity contribution is 0.0902. The number of rotatable bonds is 6. The van der Waals surface area contributed by atoms with Gasteiger partial charge in [0.1, 0.15) is 0 Å². The van der Waals surface area contributed by atoms with Crippen LogP contribution < -0.4 is 4.72 Å². The average Bonchev–Trinajstić information content (AvgIpc) is 2.45. The van der Waals surface area contributed by atoms with E-state index in [-0.39, 0.29) is 6.54 Å². The molecule has 2 rings (SSSR count). The Morgan fingerprint density at radius 3 is 2.71 bits per heavy atom. The zero-order valence-corrected chi connectivity index (χ0v) is 14.0. The summed E-state index contributed by atoms with van der Waals surface area (Å²) in [4.78, 5) is 0. The molecular weight excluding hydrogens is 308 g/mol. The lowest BCUT2D eigenvalue weighted by Crippen LogP contribution is -2.49. The highest BCUT2D eigenvalue weighted by Crippen LogP contribution is 2.20. The van der Waals surface area contributed by atoms with Crippen molar-refractivity contribution in [2.45, 2.75) is 25.5 Å². The maximum absolute atomic E-state index is 12.3. The zero-order chi connectivity index (χ0) is 15.5. The van der Waals surface area contributed by atoms with Gasteiger partial charge in [-0.25, -0.2) is 0 Å². The normalized spacial score (nSPS) is 19.0. The second kappa shape index (κ2) is 6.66. The second-order valence-electron chi connectivity index (χ2n) is 5.61. The maximum Gasteiger partial charge on any atom is 0.279 e. The van der Waals surface area contributed by atoms with E-state index in [1.54, 1.807) is 6.92 Å². The van der Waals surface area contributed by atoms with Gasteiger partial charge in [0.15, 0.2) is 0 Å². The van der Waals surface area contributed by atoms with Gasteiger partial charge in [-0.15, -0.1) is 0 Å². The lowest BCUT2D eigenvalue weighted by atomic mass is 10.0. The van der Waals surface area contributed by atoms with E-state index >= 15 is 0 Å². The Bertz CT molecular complexity index is 588. The largest absolute Gasteiger partial charge is 0.388 e. The Morgan fingerprint density at radius 2 is 2.05 bits per heavy atom. The summed E-state index contributed by atoms with van der Waals surface area (Å²) >= 11 is 1.49. The molecule has 5 nitrogen and oxygen atoms in total. The molecule has 1 atom stereocenters. The van der Waals surface area contributed by atoms with Crippen molar-refractivity contribution in [2.24, 2.45) is 0 Å². The molecule has 0 fully saturated rings. The topological polar surface area (TPSA) is 69.6 Å². The van der Waals surface area contributed by atoms with Crippen LogP contribution in [-0.4, -0.2) is 48.5 Å². The molecule has 1 aliphatic rings. The molecule has 21 heavy (non-hydrogen) atoms. The summed E-state index contributed by atoms with van der Waals surface area (Å²) in [6, 6.07) is 7.89. The van der Waals surface area contributed by atoms with Gasteiger partial charge in [-0.2, -0.15) is 29.2 Å². The van der Waals surface area contributed by atoms with Crippen LogP contribution in [0.25, 0.3) is 0 Å². The molecule has 118 valence electrons. The minimum atomic E-state index is -3.56. The molecule has 0 bridgehead atoms. The summed E-state index contributed by atoms with van der Waals surface area (Å²) in [5.74, 6) is 0.484. The van der Waals surface area contributed by atoms with Gasteiger partial charge in [-0.1, -0.05) is 24.3 Å². The first kappa shape index (κ1) is 16.8. The van der Waals surface area contributed by atoms with E-state index in [2.05, 4.69) is 4.72 Å². The monoisotopic (exact) mass is 330 g/mol. The number of hydrogen-bond acceptors (Lipinski definition) is 4. The third-order valence-corrected chi connectivity index (χ3v) is 5.94. The molecule has 0 radical (unpaired) electrons. The van der Waals surface area contributed by atoms with Crippen molar-refractivity contribution < 1.29 is 13.5 Å². The Hall–Kier alpha value is -0.600. The van der Waals surface area contributed by atoms with Crippen LogP contribution in [-0.2, 0) is 23.2 Å². The highest BCUT2D eigenvalue weighted by atomic mass is 32.2. The van der Waals surface area contributed by atoms with Gasteiger partial charge < -0.3 is 5.11 Å². The van der Waals surface area contributed by atoms with Crippen LogP contribution in [0.15, 0.2) is 24.3 Å². The first-order chi connectivity index (χ1) is 9.84. The zero-order valence-electron chi connectivity index (χ0n) is 12.4. The Labute approximate surface area is 130 Å². The van der Waals surface area contributed by atoms with Crippen LogP contribution in [0, 0.1) is 0 Å². The second-order valence-corrected chi connectivity index (χ2v) is 8.23. The molecule has 0 saturated carbocycles. The van der Waals surface area contributed by atoms with E-state index in [0.717, 1.165) is 12.0 Å². The SMILES string of the molecule is CSCC(C)(O)CNS(=O)(=O)N1CCc2ccccc2C1. The van der Waals surface area contributed by atoms with E-state index in [1.807, 2.05) is 30.5 Å². The van der Waals surface area contributed by atoms with Gasteiger partial charge >= 0.3 is 0 Å². The van der Waals surface area contributed by atoms with E-state index in [4.69, 9.17) is 0 Å². The first-order valence-corrected chi connectivity index (χ1v) is 9.70. The van der Waals surface area contributed by atoms with Crippen molar-refractivity contribution in [3.8, 4) is 0 Å². The van der Waals surface area contributed by atoms with Crippen LogP contribution in [0.2, 0.25) is 0 Å². The molecule has 7 heteroatoms. The summed E-state index contributed by atoms with van der Waals surface area (Å²) in [5.41, 5.74) is 1.21. The van der Waals surface area contributed by atoms with Gasteiger partial charge in [0.25, 0.3) is 10.2 Å². The van der Waals surface area contributed by atoms with E-state index in [0.29, 0.717) is 18.8 Å². The molecular formula is C14H22N2O3S2. The molecule has 0 aromatic heterocycles. The minimum Gasteiger partial charge on any atom is -0.388 e. The van der Waals surface area contributed by atoms with Crippen molar-refractivity contribution in [3.05, 3.63) is 35.4 Å². The highest BCUT2D eigenvalue weighted by molar-refractivity contribution is 7.98. The van der Waals surface area contributed by atoms with Gasteiger partial charge in [0.05, 0.1) is 5.60 Å². The van der Waals surface area contributed by atoms with Gasteiger partial charge in [-0.3, -0.25) is 0 Å². The number of nitrogens with zero attached hydrogens (tertiary/aromatic N) is 1. The quantitative estimate of drug-likeness (QED) is 0.816. The molecule has 1 heterocycles. The minimum absolute atomic E-state index is 0.0221. The summed E-state index contributed by atoms with van der Waals surface area (Å²) < 4.78 is 28.6. The fourth-order valence-corrected chi connectivity index (χ4v) is 4.42. The van der Waals surface area contributed by atoms with Crippen LogP contribution in [0.3, 0.4) is 0 Å². The number of benzene rings is 1. The van der Waals surface area contributed by atoms with Gasteiger partial charge in [0, 0.05) is 25.4 Å². The smallest absolute Gasteiger partial charge is 0.279 e. The maximum atomic E-state index is 12.3. The third kappa shape index (κ3) is 4.43. The summed E-state index contributed by atoms with van der Waals surface area (Å²) in [5, 5.41) is 10.1. The Morgan fingerprint density at radius 1 is 1.38 bits per heavy atom. The van der Waals surface area contributed by atoms with Gasteiger partial charge in [-0.05, 0) is 30.7 Å².